The van der Waals surface area contributed by atoms with Gasteiger partial charge >= 0.3 is 0 Å². The maximum atomic E-state index is 12.7. The number of ether oxygens (including phenoxy) is 1. The van der Waals surface area contributed by atoms with E-state index in [-0.39, 0.29) is 13.2 Å². The predicted octanol–water partition coefficient (Wildman–Crippen LogP) is 3.13. The molecular formula is C20H23N3O4S. The molecule has 0 aliphatic carbocycles. The Hall–Kier alpha value is -2.71. The fourth-order valence-corrected chi connectivity index (χ4v) is 4.09. The van der Waals surface area contributed by atoms with Gasteiger partial charge in [-0.1, -0.05) is 41.6 Å². The molecule has 0 N–H and O–H groups in total. The normalized spacial score (nSPS) is 11.7. The zero-order valence-corrected chi connectivity index (χ0v) is 16.9. The van der Waals surface area contributed by atoms with E-state index < -0.39 is 10.0 Å². The highest BCUT2D eigenvalue weighted by molar-refractivity contribution is 7.89. The summed E-state index contributed by atoms with van der Waals surface area (Å²) in [7, 11) is -2.02. The standard InChI is InChI=1S/C20H23N3O4S/c1-15-8-4-6-10-17(15)26-14-20-21-19(22-27-20)12-13-23(3)28(24,25)18-11-7-5-9-16(18)2/h4-11H,12-14H2,1-3H3. The van der Waals surface area contributed by atoms with E-state index in [4.69, 9.17) is 9.26 Å². The average molecular weight is 401 g/mol. The molecule has 0 fully saturated rings. The molecule has 3 aromatic rings. The molecule has 0 atom stereocenters. The molecule has 0 saturated heterocycles. The lowest BCUT2D eigenvalue weighted by Crippen LogP contribution is -2.29. The van der Waals surface area contributed by atoms with E-state index in [0.717, 1.165) is 11.3 Å². The van der Waals surface area contributed by atoms with Crippen molar-refractivity contribution < 1.29 is 17.7 Å². The summed E-state index contributed by atoms with van der Waals surface area (Å²) < 4.78 is 37.6. The van der Waals surface area contributed by atoms with Crippen molar-refractivity contribution in [2.24, 2.45) is 0 Å². The maximum absolute atomic E-state index is 12.7. The van der Waals surface area contributed by atoms with Gasteiger partial charge in [-0.3, -0.25) is 0 Å². The van der Waals surface area contributed by atoms with Gasteiger partial charge in [0.2, 0.25) is 10.0 Å². The predicted molar refractivity (Wildman–Crippen MR) is 105 cm³/mol. The average Bonchev–Trinajstić information content (AvgIpc) is 3.13. The molecule has 1 aromatic heterocycles. The first-order valence-electron chi connectivity index (χ1n) is 8.90. The molecule has 7 nitrogen and oxygen atoms in total. The van der Waals surface area contributed by atoms with Crippen LogP contribution in [-0.4, -0.2) is 36.5 Å². The van der Waals surface area contributed by atoms with Gasteiger partial charge in [-0.2, -0.15) is 4.98 Å². The van der Waals surface area contributed by atoms with Crippen molar-refractivity contribution in [1.29, 1.82) is 0 Å². The van der Waals surface area contributed by atoms with E-state index in [2.05, 4.69) is 10.1 Å². The number of likely N-dealkylation sites (N-methyl/N-ethyl adjacent to an activating group) is 1. The molecule has 0 spiro atoms. The molecule has 2 aromatic carbocycles. The van der Waals surface area contributed by atoms with Gasteiger partial charge in [0.25, 0.3) is 5.89 Å². The van der Waals surface area contributed by atoms with Gasteiger partial charge in [0.15, 0.2) is 12.4 Å². The third-order valence-corrected chi connectivity index (χ3v) is 6.40. The Balaban J connectivity index is 1.58. The van der Waals surface area contributed by atoms with Gasteiger partial charge in [0.05, 0.1) is 4.90 Å². The first kappa shape index (κ1) is 20.0. The third kappa shape index (κ3) is 4.58. The Kier molecular flexibility index (Phi) is 6.11. The summed E-state index contributed by atoms with van der Waals surface area (Å²) in [5, 5.41) is 3.91. The Labute approximate surface area is 165 Å². The van der Waals surface area contributed by atoms with E-state index in [9.17, 15) is 8.42 Å². The van der Waals surface area contributed by atoms with Crippen molar-refractivity contribution >= 4 is 10.0 Å². The highest BCUT2D eigenvalue weighted by Crippen LogP contribution is 2.19. The number of nitrogens with zero attached hydrogens (tertiary/aromatic N) is 3. The van der Waals surface area contributed by atoms with Crippen LogP contribution in [0.4, 0.5) is 0 Å². The lowest BCUT2D eigenvalue weighted by Gasteiger charge is -2.17. The third-order valence-electron chi connectivity index (χ3n) is 4.39. The number of hydrogen-bond donors (Lipinski definition) is 0. The molecule has 1 heterocycles. The monoisotopic (exact) mass is 401 g/mol. The van der Waals surface area contributed by atoms with Crippen molar-refractivity contribution in [2.45, 2.75) is 31.8 Å². The molecule has 0 saturated carbocycles. The van der Waals surface area contributed by atoms with Gasteiger partial charge in [0, 0.05) is 20.0 Å². The first-order valence-corrected chi connectivity index (χ1v) is 10.3. The number of sulfonamides is 1. The van der Waals surface area contributed by atoms with Crippen LogP contribution in [0.3, 0.4) is 0 Å². The topological polar surface area (TPSA) is 85.5 Å². The van der Waals surface area contributed by atoms with Gasteiger partial charge in [0.1, 0.15) is 5.75 Å². The molecule has 8 heteroatoms. The fourth-order valence-electron chi connectivity index (χ4n) is 2.70. The number of aromatic nitrogens is 2. The lowest BCUT2D eigenvalue weighted by molar-refractivity contribution is 0.241. The zero-order chi connectivity index (χ0) is 20.1. The first-order chi connectivity index (χ1) is 13.4. The van der Waals surface area contributed by atoms with Crippen LogP contribution in [0, 0.1) is 13.8 Å². The molecule has 0 bridgehead atoms. The second kappa shape index (κ2) is 8.53. The summed E-state index contributed by atoms with van der Waals surface area (Å²) in [6, 6.07) is 14.6. The Morgan fingerprint density at radius 3 is 2.43 bits per heavy atom. The molecule has 0 aliphatic rings. The van der Waals surface area contributed by atoms with Gasteiger partial charge in [-0.05, 0) is 37.1 Å². The molecule has 28 heavy (non-hydrogen) atoms. The SMILES string of the molecule is Cc1ccccc1OCc1nc(CCN(C)S(=O)(=O)c2ccccc2C)no1. The van der Waals surface area contributed by atoms with Crippen LogP contribution in [0.25, 0.3) is 0 Å². The van der Waals surface area contributed by atoms with Crippen LogP contribution < -0.4 is 4.74 Å². The molecule has 3 rings (SSSR count). The largest absolute Gasteiger partial charge is 0.483 e. The van der Waals surface area contributed by atoms with Crippen LogP contribution in [0.15, 0.2) is 57.9 Å². The fraction of sp³-hybridized carbons (Fsp3) is 0.300. The minimum absolute atomic E-state index is 0.162. The second-order valence-corrected chi connectivity index (χ2v) is 8.51. The number of para-hydroxylation sites is 1. The molecule has 148 valence electrons. The van der Waals surface area contributed by atoms with Crippen LogP contribution in [0.2, 0.25) is 0 Å². The van der Waals surface area contributed by atoms with Gasteiger partial charge < -0.3 is 9.26 Å². The summed E-state index contributed by atoms with van der Waals surface area (Å²) in [4.78, 5) is 4.58. The highest BCUT2D eigenvalue weighted by atomic mass is 32.2. The van der Waals surface area contributed by atoms with Crippen LogP contribution in [0.1, 0.15) is 22.8 Å². The summed E-state index contributed by atoms with van der Waals surface area (Å²) >= 11 is 0. The van der Waals surface area contributed by atoms with Crippen molar-refractivity contribution in [3.63, 3.8) is 0 Å². The minimum atomic E-state index is -3.56. The molecule has 0 amide bonds. The number of aryl methyl sites for hydroxylation is 2. The number of rotatable bonds is 8. The van der Waals surface area contributed by atoms with Crippen molar-refractivity contribution in [3.8, 4) is 5.75 Å². The second-order valence-electron chi connectivity index (χ2n) is 6.50. The minimum Gasteiger partial charge on any atom is -0.483 e. The summed E-state index contributed by atoms with van der Waals surface area (Å²) in [5.74, 6) is 1.55. The summed E-state index contributed by atoms with van der Waals surface area (Å²) in [6.07, 6.45) is 0.343. The molecule has 0 aliphatic heterocycles. The van der Waals surface area contributed by atoms with Crippen LogP contribution in [-0.2, 0) is 23.1 Å². The zero-order valence-electron chi connectivity index (χ0n) is 16.1. The lowest BCUT2D eigenvalue weighted by atomic mass is 10.2. The Morgan fingerprint density at radius 2 is 1.71 bits per heavy atom. The van der Waals surface area contributed by atoms with Crippen molar-refractivity contribution in [2.75, 3.05) is 13.6 Å². The van der Waals surface area contributed by atoms with Gasteiger partial charge in [-0.15, -0.1) is 0 Å². The van der Waals surface area contributed by atoms with Crippen molar-refractivity contribution in [3.05, 3.63) is 71.4 Å². The molecular weight excluding hydrogens is 378 g/mol. The highest BCUT2D eigenvalue weighted by Gasteiger charge is 2.22. The Bertz CT molecular complexity index is 1050. The summed E-state index contributed by atoms with van der Waals surface area (Å²) in [5.41, 5.74) is 1.73. The van der Waals surface area contributed by atoms with Gasteiger partial charge in [-0.25, -0.2) is 12.7 Å². The van der Waals surface area contributed by atoms with E-state index in [1.54, 1.807) is 32.2 Å². The Morgan fingerprint density at radius 1 is 1.04 bits per heavy atom. The number of benzene rings is 2. The smallest absolute Gasteiger partial charge is 0.264 e. The molecule has 0 radical (unpaired) electrons. The van der Waals surface area contributed by atoms with E-state index >= 15 is 0 Å². The van der Waals surface area contributed by atoms with E-state index in [0.29, 0.717) is 28.6 Å². The van der Waals surface area contributed by atoms with Crippen LogP contribution in [0.5, 0.6) is 5.75 Å². The summed E-state index contributed by atoms with van der Waals surface area (Å²) in [6.45, 7) is 4.14. The maximum Gasteiger partial charge on any atom is 0.264 e. The quantitative estimate of drug-likeness (QED) is 0.576. The molecule has 0 unspecified atom stereocenters. The van der Waals surface area contributed by atoms with E-state index in [1.807, 2.05) is 37.3 Å². The van der Waals surface area contributed by atoms with E-state index in [1.165, 1.54) is 4.31 Å². The van der Waals surface area contributed by atoms with Crippen LogP contribution >= 0.6 is 0 Å². The van der Waals surface area contributed by atoms with Crippen molar-refractivity contribution in [1.82, 2.24) is 14.4 Å². The number of hydrogen-bond acceptors (Lipinski definition) is 6.